The van der Waals surface area contributed by atoms with Gasteiger partial charge in [0.15, 0.2) is 19.4 Å². The van der Waals surface area contributed by atoms with Crippen molar-refractivity contribution in [1.82, 2.24) is 15.1 Å². The number of likely N-dealkylation sites (tertiary alicyclic amines) is 1. The summed E-state index contributed by atoms with van der Waals surface area (Å²) >= 11 is 8.07. The molecular weight excluding hydrogens is 891 g/mol. The largest absolute Gasteiger partial charge is 0.495 e. The molecule has 5 amide bonds. The monoisotopic (exact) mass is 952 g/mol. The van der Waals surface area contributed by atoms with E-state index in [9.17, 15) is 38.7 Å². The highest BCUT2D eigenvalue weighted by Crippen LogP contribution is 2.71. The third-order valence-electron chi connectivity index (χ3n) is 14.9. The molecule has 6 aliphatic rings. The van der Waals surface area contributed by atoms with Gasteiger partial charge in [0, 0.05) is 76.9 Å². The third-order valence-corrected chi connectivity index (χ3v) is 16.5. The summed E-state index contributed by atoms with van der Waals surface area (Å²) in [6, 6.07) is 2.70. The number of hydrogen-bond acceptors (Lipinski definition) is 13. The molecule has 66 heavy (non-hydrogen) atoms. The van der Waals surface area contributed by atoms with E-state index in [0.717, 1.165) is 36.8 Å². The van der Waals surface area contributed by atoms with Gasteiger partial charge in [0.05, 0.1) is 41.8 Å². The Balaban J connectivity index is 1.06. The van der Waals surface area contributed by atoms with Crippen molar-refractivity contribution in [3.8, 4) is 5.75 Å². The molecule has 3 unspecified atom stereocenters. The molecule has 1 spiro atoms. The van der Waals surface area contributed by atoms with Gasteiger partial charge in [0.25, 0.3) is 0 Å². The lowest BCUT2D eigenvalue weighted by Gasteiger charge is -2.41. The number of halogens is 1. The van der Waals surface area contributed by atoms with Crippen molar-refractivity contribution >= 4 is 78.1 Å². The summed E-state index contributed by atoms with van der Waals surface area (Å²) in [6.45, 7) is 5.73. The van der Waals surface area contributed by atoms with E-state index in [-0.39, 0.29) is 83.4 Å². The number of rotatable bonds is 12. The van der Waals surface area contributed by atoms with Gasteiger partial charge in [-0.05, 0) is 69.6 Å². The number of ketones is 1. The van der Waals surface area contributed by atoms with Crippen LogP contribution in [-0.2, 0) is 49.4 Å². The minimum atomic E-state index is -1.85. The summed E-state index contributed by atoms with van der Waals surface area (Å²) in [4.78, 5) is 97.8. The molecule has 19 heteroatoms. The van der Waals surface area contributed by atoms with Gasteiger partial charge in [-0.15, -0.1) is 11.8 Å². The van der Waals surface area contributed by atoms with Crippen LogP contribution in [0.3, 0.4) is 0 Å². The van der Waals surface area contributed by atoms with Crippen LogP contribution < -0.4 is 15.0 Å². The number of likely N-dealkylation sites (N-methyl/N-ethyl adjacent to an activating group) is 1. The molecule has 7 rings (SSSR count). The van der Waals surface area contributed by atoms with Crippen LogP contribution in [0.5, 0.6) is 5.75 Å². The van der Waals surface area contributed by atoms with E-state index in [4.69, 9.17) is 30.5 Å². The number of allylic oxidation sites excluding steroid dienone is 3. The van der Waals surface area contributed by atoms with Crippen molar-refractivity contribution in [2.75, 3.05) is 45.5 Å². The molecule has 4 aliphatic heterocycles. The molecule has 2 N–H and O–H groups in total. The average molecular weight is 953 g/mol. The lowest BCUT2D eigenvalue weighted by atomic mass is 9.75. The molecule has 1 aromatic carbocycles. The van der Waals surface area contributed by atoms with Crippen molar-refractivity contribution in [2.45, 2.75) is 119 Å². The predicted molar refractivity (Wildman–Crippen MR) is 249 cm³/mol. The molecule has 3 saturated heterocycles. The Morgan fingerprint density at radius 1 is 1.11 bits per heavy atom. The third kappa shape index (κ3) is 9.85. The van der Waals surface area contributed by atoms with Crippen molar-refractivity contribution in [2.24, 2.45) is 29.6 Å². The van der Waals surface area contributed by atoms with Gasteiger partial charge in [0.2, 0.25) is 23.6 Å². The number of carbonyl (C=O) groups excluding carboxylic acids is 7. The van der Waals surface area contributed by atoms with Crippen LogP contribution in [-0.4, -0.2) is 145 Å². The fraction of sp³-hybridized carbons (Fsp3) is 0.638. The number of Topliss-reactive ketones (excluding diaryl/α,β-unsaturated/α-hetero) is 1. The predicted octanol–water partition coefficient (Wildman–Crippen LogP) is 3.61. The molecule has 358 valence electrons. The molecule has 5 fully saturated rings. The molecule has 16 nitrogen and oxygen atoms in total. The first-order chi connectivity index (χ1) is 31.2. The van der Waals surface area contributed by atoms with Gasteiger partial charge in [-0.2, -0.15) is 0 Å². The van der Waals surface area contributed by atoms with Crippen LogP contribution in [0.2, 0.25) is 5.02 Å². The fourth-order valence-electron chi connectivity index (χ4n) is 10.7. The number of epoxide rings is 1. The molecule has 4 heterocycles. The number of fused-ring (bicyclic) bond motifs is 4. The van der Waals surface area contributed by atoms with Crippen LogP contribution in [0.4, 0.5) is 10.5 Å². The summed E-state index contributed by atoms with van der Waals surface area (Å²) in [5.41, 5.74) is -0.607. The molecule has 4 bridgehead atoms. The van der Waals surface area contributed by atoms with Crippen LogP contribution in [0.1, 0.15) is 77.7 Å². The molecule has 2 saturated carbocycles. The number of imide groups is 1. The van der Waals surface area contributed by atoms with E-state index in [1.165, 1.54) is 40.7 Å². The maximum Gasteiger partial charge on any atom is 0.409 e. The van der Waals surface area contributed by atoms with Crippen LogP contribution >= 0.6 is 23.4 Å². The summed E-state index contributed by atoms with van der Waals surface area (Å²) < 4.78 is 23.5. The Labute approximate surface area is 396 Å². The van der Waals surface area contributed by atoms with Gasteiger partial charge < -0.3 is 38.6 Å². The summed E-state index contributed by atoms with van der Waals surface area (Å²) in [5.74, 6) is -2.52. The Hall–Kier alpha value is -4.23. The summed E-state index contributed by atoms with van der Waals surface area (Å²) in [5, 5.41) is 14.0. The van der Waals surface area contributed by atoms with Crippen LogP contribution in [0.25, 0.3) is 0 Å². The fourth-order valence-corrected chi connectivity index (χ4v) is 12.1. The quantitative estimate of drug-likeness (QED) is 0.175. The number of anilines is 1. The highest BCUT2D eigenvalue weighted by molar-refractivity contribution is 8.00. The standard InChI is InChI=1S/C47H62BClN4O12S/c1-24-9-8-10-35(63-7)46(61)22-33(64-45(60)50-46)25(2)42-47(65-42)30(20-37(55)52(5)31-18-28(17-24)19-32(62-6)40(31)49)39(47)41(57)26(3)51(4)36(54)15-16-66-34-21-38(56)53(44(34)59)23-27-11-13-29(14-12-27)43(48)58/h8-10,18-19,25-27,29-30,33-35,39,42,61H,11-17,20-23,48H2,1-7H3,(H,50,60)/b10-8+,24-9+/t25-,26+,27?,29?,30?,33+,34?,35-,39?,42+,46+,47-/m1/s1. The van der Waals surface area contributed by atoms with Crippen LogP contribution in [0, 0.1) is 29.6 Å². The summed E-state index contributed by atoms with van der Waals surface area (Å²) in [6.07, 6.45) is 5.43. The normalized spacial score (nSPS) is 35.0. The smallest absolute Gasteiger partial charge is 0.409 e. The first-order valence-electron chi connectivity index (χ1n) is 22.9. The van der Waals surface area contributed by atoms with E-state index >= 15 is 0 Å². The molecular formula is C47H62BClN4O12S. The number of nitrogens with zero attached hydrogens (tertiary/aromatic N) is 3. The number of carbonyl (C=O) groups is 7. The number of amides is 5. The minimum absolute atomic E-state index is 0.0186. The number of aliphatic hydroxyl groups is 1. The second-order valence-corrected chi connectivity index (χ2v) is 20.8. The maximum absolute atomic E-state index is 14.6. The SMILES string of the molecule is BC(=O)C1CCC(CN2C(=O)CC(SCCC(=O)N(C)[C@@H](C)C(=O)C3C4CC(=O)N(C)c5cc(cc(OC)c5Cl)C/C(C)=C/C=C/[C@@H](OC)[C@@]5(O)C[C@H](OC(=O)N5)[C@@H](C)[C@@H]5O[C@]435)C2=O)CC1. The maximum atomic E-state index is 14.6. The lowest BCUT2D eigenvalue weighted by Crippen LogP contribution is -2.63. The average Bonchev–Trinajstić information content (AvgIpc) is 4.15. The molecule has 0 aromatic heterocycles. The second-order valence-electron chi connectivity index (χ2n) is 19.1. The van der Waals surface area contributed by atoms with Gasteiger partial charge in [-0.25, -0.2) is 4.79 Å². The minimum Gasteiger partial charge on any atom is -0.495 e. The number of hydrogen-bond donors (Lipinski definition) is 2. The van der Waals surface area contributed by atoms with Crippen LogP contribution in [0.15, 0.2) is 35.9 Å². The first-order valence-corrected chi connectivity index (χ1v) is 24.3. The zero-order valence-electron chi connectivity index (χ0n) is 39.0. The van der Waals surface area contributed by atoms with E-state index in [1.807, 2.05) is 26.0 Å². The van der Waals surface area contributed by atoms with Gasteiger partial charge in [-0.3, -0.25) is 34.2 Å². The molecule has 10 atom stereocenters. The second kappa shape index (κ2) is 19.8. The topological polar surface area (TPSA) is 202 Å². The summed E-state index contributed by atoms with van der Waals surface area (Å²) in [7, 11) is 7.69. The van der Waals surface area contributed by atoms with Crippen molar-refractivity contribution in [3.63, 3.8) is 0 Å². The van der Waals surface area contributed by atoms with E-state index in [2.05, 4.69) is 5.32 Å². The van der Waals surface area contributed by atoms with Gasteiger partial charge in [0.1, 0.15) is 28.6 Å². The first kappa shape index (κ1) is 49.7. The van der Waals surface area contributed by atoms with E-state index < -0.39 is 64.8 Å². The molecule has 2 aliphatic carbocycles. The van der Waals surface area contributed by atoms with Crippen molar-refractivity contribution in [1.29, 1.82) is 0 Å². The van der Waals surface area contributed by atoms with Crippen molar-refractivity contribution in [3.05, 3.63) is 46.5 Å². The van der Waals surface area contributed by atoms with Crippen molar-refractivity contribution < 1.29 is 57.6 Å². The number of benzene rings is 1. The zero-order chi connectivity index (χ0) is 48.0. The zero-order valence-corrected chi connectivity index (χ0v) is 40.6. The molecule has 0 radical (unpaired) electrons. The van der Waals surface area contributed by atoms with E-state index in [0.29, 0.717) is 24.4 Å². The molecule has 1 aromatic rings. The Bertz CT molecular complexity index is 2200. The van der Waals surface area contributed by atoms with Gasteiger partial charge in [-0.1, -0.05) is 42.3 Å². The number of nitrogens with one attached hydrogen (secondary N) is 1. The number of methoxy groups -OCH3 is 2. The number of alkyl carbamates (subject to hydrolysis) is 1. The van der Waals surface area contributed by atoms with E-state index in [1.54, 1.807) is 47.1 Å². The Kier molecular flexibility index (Phi) is 14.9. The highest BCUT2D eigenvalue weighted by atomic mass is 35.5. The Morgan fingerprint density at radius 2 is 1.82 bits per heavy atom. The van der Waals surface area contributed by atoms with Gasteiger partial charge >= 0.3 is 6.09 Å². The highest BCUT2D eigenvalue weighted by Gasteiger charge is 2.84. The Morgan fingerprint density at radius 3 is 2.48 bits per heavy atom. The lowest BCUT2D eigenvalue weighted by molar-refractivity contribution is -0.142. The number of ether oxygens (including phenoxy) is 4. The number of thioether (sulfide) groups is 1.